The van der Waals surface area contributed by atoms with Crippen LogP contribution in [0.15, 0.2) is 47.4 Å². The number of anilines is 1. The van der Waals surface area contributed by atoms with Crippen LogP contribution in [-0.2, 0) is 16.2 Å². The highest BCUT2D eigenvalue weighted by atomic mass is 32.2. The molecule has 0 aromatic heterocycles. The molecule has 0 spiro atoms. The van der Waals surface area contributed by atoms with Gasteiger partial charge in [-0.2, -0.15) is 13.2 Å². The van der Waals surface area contributed by atoms with E-state index in [1.165, 1.54) is 30.3 Å². The summed E-state index contributed by atoms with van der Waals surface area (Å²) >= 11 is 0. The Morgan fingerprint density at radius 3 is 2.36 bits per heavy atom. The van der Waals surface area contributed by atoms with E-state index in [-0.39, 0.29) is 22.5 Å². The molecule has 3 rings (SSSR count). The van der Waals surface area contributed by atoms with Gasteiger partial charge in [0.05, 0.1) is 16.0 Å². The van der Waals surface area contributed by atoms with E-state index < -0.39 is 33.2 Å². The van der Waals surface area contributed by atoms with Gasteiger partial charge in [-0.25, -0.2) is 13.1 Å². The molecular formula is C23H28F3N3O3S. The van der Waals surface area contributed by atoms with Gasteiger partial charge in [0.25, 0.3) is 5.91 Å². The molecule has 10 heteroatoms. The van der Waals surface area contributed by atoms with Gasteiger partial charge in [-0.15, -0.1) is 0 Å². The van der Waals surface area contributed by atoms with Crippen LogP contribution in [0.4, 0.5) is 18.9 Å². The van der Waals surface area contributed by atoms with Crippen molar-refractivity contribution in [2.75, 3.05) is 25.5 Å². The third-order valence-electron chi connectivity index (χ3n) is 6.04. The van der Waals surface area contributed by atoms with Crippen molar-refractivity contribution in [1.82, 2.24) is 9.62 Å². The van der Waals surface area contributed by atoms with Crippen molar-refractivity contribution in [3.05, 3.63) is 59.2 Å². The van der Waals surface area contributed by atoms with Crippen LogP contribution in [0.5, 0.6) is 0 Å². The molecule has 6 nitrogen and oxygen atoms in total. The summed E-state index contributed by atoms with van der Waals surface area (Å²) in [6.45, 7) is 5.28. The van der Waals surface area contributed by atoms with Crippen molar-refractivity contribution in [3.63, 3.8) is 0 Å². The number of rotatable bonds is 6. The fourth-order valence-corrected chi connectivity index (χ4v) is 5.40. The van der Waals surface area contributed by atoms with Crippen molar-refractivity contribution in [2.45, 2.75) is 43.8 Å². The largest absolute Gasteiger partial charge is 0.417 e. The van der Waals surface area contributed by atoms with E-state index in [0.717, 1.165) is 38.1 Å². The van der Waals surface area contributed by atoms with Crippen LogP contribution in [0.1, 0.15) is 41.3 Å². The summed E-state index contributed by atoms with van der Waals surface area (Å²) in [5, 5.41) is 2.46. The standard InChI is InChI=1S/C23H28F3N3O3S/c1-15-14-18(33(31,32)28-16(2)17-10-12-29(3)13-11-17)8-9-21(15)27-22(30)19-6-4-5-7-20(19)23(24,25)26/h4-9,14,16-17,28H,10-13H2,1-3H3,(H,27,30). The number of hydrogen-bond donors (Lipinski definition) is 2. The molecular weight excluding hydrogens is 455 g/mol. The molecule has 0 radical (unpaired) electrons. The Bertz CT molecular complexity index is 1110. The molecule has 180 valence electrons. The zero-order valence-electron chi connectivity index (χ0n) is 18.7. The number of nitrogens with one attached hydrogen (secondary N) is 2. The lowest BCUT2D eigenvalue weighted by atomic mass is 9.91. The monoisotopic (exact) mass is 483 g/mol. The maximum Gasteiger partial charge on any atom is 0.417 e. The quantitative estimate of drug-likeness (QED) is 0.643. The molecule has 1 atom stereocenters. The molecule has 1 fully saturated rings. The van der Waals surface area contributed by atoms with Gasteiger partial charge in [-0.1, -0.05) is 12.1 Å². The smallest absolute Gasteiger partial charge is 0.322 e. The highest BCUT2D eigenvalue weighted by molar-refractivity contribution is 7.89. The van der Waals surface area contributed by atoms with Gasteiger partial charge in [0, 0.05) is 11.7 Å². The van der Waals surface area contributed by atoms with Gasteiger partial charge in [-0.05, 0) is 88.6 Å². The lowest BCUT2D eigenvalue weighted by molar-refractivity contribution is -0.137. The number of benzene rings is 2. The van der Waals surface area contributed by atoms with E-state index in [4.69, 9.17) is 0 Å². The molecule has 0 aliphatic carbocycles. The van der Waals surface area contributed by atoms with Crippen LogP contribution in [-0.4, -0.2) is 45.4 Å². The van der Waals surface area contributed by atoms with Gasteiger partial charge in [0.15, 0.2) is 0 Å². The number of amides is 1. The summed E-state index contributed by atoms with van der Waals surface area (Å²) in [5.41, 5.74) is -0.886. The van der Waals surface area contributed by atoms with E-state index >= 15 is 0 Å². The molecule has 0 saturated carbocycles. The predicted octanol–water partition coefficient (Wildman–Crippen LogP) is 4.27. The third kappa shape index (κ3) is 6.13. The highest BCUT2D eigenvalue weighted by Crippen LogP contribution is 2.32. The summed E-state index contributed by atoms with van der Waals surface area (Å²) in [6, 6.07) is 8.39. The Morgan fingerprint density at radius 2 is 1.76 bits per heavy atom. The van der Waals surface area contributed by atoms with Crippen molar-refractivity contribution >= 4 is 21.6 Å². The summed E-state index contributed by atoms with van der Waals surface area (Å²) in [7, 11) is -1.76. The van der Waals surface area contributed by atoms with Gasteiger partial charge in [0.1, 0.15) is 0 Å². The van der Waals surface area contributed by atoms with Gasteiger partial charge in [-0.3, -0.25) is 4.79 Å². The highest BCUT2D eigenvalue weighted by Gasteiger charge is 2.35. The first-order chi connectivity index (χ1) is 15.4. The summed E-state index contributed by atoms with van der Waals surface area (Å²) in [4.78, 5) is 14.8. The van der Waals surface area contributed by atoms with Crippen LogP contribution in [0, 0.1) is 12.8 Å². The number of carbonyl (C=O) groups is 1. The lowest BCUT2D eigenvalue weighted by Gasteiger charge is -2.32. The number of piperidine rings is 1. The summed E-state index contributed by atoms with van der Waals surface area (Å²) < 4.78 is 68.1. The van der Waals surface area contributed by atoms with Crippen LogP contribution in [0.2, 0.25) is 0 Å². The Hall–Kier alpha value is -2.43. The Kier molecular flexibility index (Phi) is 7.50. The molecule has 2 aromatic rings. The first-order valence-corrected chi connectivity index (χ1v) is 12.2. The number of carbonyl (C=O) groups excluding carboxylic acids is 1. The zero-order chi connectivity index (χ0) is 24.4. The lowest BCUT2D eigenvalue weighted by Crippen LogP contribution is -2.42. The van der Waals surface area contributed by atoms with Crippen molar-refractivity contribution in [1.29, 1.82) is 0 Å². The van der Waals surface area contributed by atoms with Crippen molar-refractivity contribution in [3.8, 4) is 0 Å². The Labute approximate surface area is 192 Å². The van der Waals surface area contributed by atoms with E-state index in [1.807, 2.05) is 14.0 Å². The van der Waals surface area contributed by atoms with Crippen molar-refractivity contribution < 1.29 is 26.4 Å². The molecule has 1 aliphatic rings. The number of sulfonamides is 1. The second-order valence-corrected chi connectivity index (χ2v) is 10.2. The van der Waals surface area contributed by atoms with E-state index in [2.05, 4.69) is 14.9 Å². The van der Waals surface area contributed by atoms with E-state index in [1.54, 1.807) is 6.92 Å². The van der Waals surface area contributed by atoms with E-state index in [0.29, 0.717) is 5.56 Å². The van der Waals surface area contributed by atoms with Crippen molar-refractivity contribution in [2.24, 2.45) is 5.92 Å². The fraction of sp³-hybridized carbons (Fsp3) is 0.435. The molecule has 2 aromatic carbocycles. The number of nitrogens with zero attached hydrogens (tertiary/aromatic N) is 1. The summed E-state index contributed by atoms with van der Waals surface area (Å²) in [5.74, 6) is -0.681. The molecule has 33 heavy (non-hydrogen) atoms. The zero-order valence-corrected chi connectivity index (χ0v) is 19.6. The minimum absolute atomic E-state index is 0.0356. The van der Waals surface area contributed by atoms with Gasteiger partial charge < -0.3 is 10.2 Å². The minimum Gasteiger partial charge on any atom is -0.322 e. The molecule has 1 heterocycles. The molecule has 1 unspecified atom stereocenters. The predicted molar refractivity (Wildman–Crippen MR) is 121 cm³/mol. The van der Waals surface area contributed by atoms with Crippen LogP contribution < -0.4 is 10.0 Å². The Balaban J connectivity index is 1.74. The minimum atomic E-state index is -4.67. The average molecular weight is 484 g/mol. The number of halogens is 3. The molecule has 1 amide bonds. The maximum absolute atomic E-state index is 13.2. The molecule has 1 aliphatic heterocycles. The summed E-state index contributed by atoms with van der Waals surface area (Å²) in [6.07, 6.45) is -2.86. The van der Waals surface area contributed by atoms with Crippen LogP contribution in [0.25, 0.3) is 0 Å². The Morgan fingerprint density at radius 1 is 1.12 bits per heavy atom. The maximum atomic E-state index is 13.2. The number of aryl methyl sites for hydroxylation is 1. The SMILES string of the molecule is Cc1cc(S(=O)(=O)NC(C)C2CCN(C)CC2)ccc1NC(=O)c1ccccc1C(F)(F)F. The topological polar surface area (TPSA) is 78.5 Å². The average Bonchev–Trinajstić information content (AvgIpc) is 2.74. The first-order valence-electron chi connectivity index (χ1n) is 10.7. The fourth-order valence-electron chi connectivity index (χ4n) is 4.00. The number of likely N-dealkylation sites (tertiary alicyclic amines) is 1. The molecule has 0 bridgehead atoms. The van der Waals surface area contributed by atoms with E-state index in [9.17, 15) is 26.4 Å². The van der Waals surface area contributed by atoms with Gasteiger partial charge in [0.2, 0.25) is 10.0 Å². The third-order valence-corrected chi connectivity index (χ3v) is 7.60. The van der Waals surface area contributed by atoms with Gasteiger partial charge >= 0.3 is 6.18 Å². The number of alkyl halides is 3. The molecule has 2 N–H and O–H groups in total. The first kappa shape index (κ1) is 25.2. The van der Waals surface area contributed by atoms with Crippen LogP contribution >= 0.6 is 0 Å². The number of hydrogen-bond acceptors (Lipinski definition) is 4. The molecule has 1 saturated heterocycles. The second kappa shape index (κ2) is 9.82. The second-order valence-electron chi connectivity index (χ2n) is 8.52. The van der Waals surface area contributed by atoms with Crippen LogP contribution in [0.3, 0.4) is 0 Å². The normalized spacial score (nSPS) is 17.0.